The molecule has 0 aliphatic heterocycles. The first-order chi connectivity index (χ1) is 8.80. The molecule has 0 spiro atoms. The Hall–Kier alpha value is -1.83. The molecule has 0 atom stereocenters. The van der Waals surface area contributed by atoms with Crippen LogP contribution >= 0.6 is 0 Å². The van der Waals surface area contributed by atoms with Gasteiger partial charge in [-0.1, -0.05) is 0 Å². The summed E-state index contributed by atoms with van der Waals surface area (Å²) in [6, 6.07) is 0. The molecule has 1 rings (SSSR count). The van der Waals surface area contributed by atoms with E-state index in [9.17, 15) is 18.0 Å². The summed E-state index contributed by atoms with van der Waals surface area (Å²) in [5.41, 5.74) is 5.25. The zero-order valence-electron chi connectivity index (χ0n) is 10.4. The van der Waals surface area contributed by atoms with Gasteiger partial charge in [-0.05, 0) is 13.8 Å². The molecule has 1 heterocycles. The van der Waals surface area contributed by atoms with Crippen LogP contribution in [0.1, 0.15) is 28.5 Å². The molecule has 5 nitrogen and oxygen atoms in total. The molecule has 0 fully saturated rings. The Labute approximate surface area is 107 Å². The fourth-order valence-corrected chi connectivity index (χ4v) is 1.45. The van der Waals surface area contributed by atoms with Gasteiger partial charge in [0.25, 0.3) is 0 Å². The van der Waals surface area contributed by atoms with Crippen LogP contribution in [0.2, 0.25) is 0 Å². The fraction of sp³-hybridized carbons (Fsp3) is 0.455. The van der Waals surface area contributed by atoms with Crippen LogP contribution in [0.5, 0.6) is 5.75 Å². The zero-order valence-corrected chi connectivity index (χ0v) is 10.4. The maximum absolute atomic E-state index is 12.4. The molecule has 0 aliphatic carbocycles. The molecule has 0 aliphatic rings. The van der Waals surface area contributed by atoms with Crippen LogP contribution in [-0.2, 0) is 11.3 Å². The molecular weight excluding hydrogens is 265 g/mol. The number of ether oxygens (including phenoxy) is 2. The van der Waals surface area contributed by atoms with Crippen molar-refractivity contribution < 1.29 is 27.4 Å². The van der Waals surface area contributed by atoms with Crippen molar-refractivity contribution in [1.82, 2.24) is 4.98 Å². The van der Waals surface area contributed by atoms with Gasteiger partial charge in [-0.15, -0.1) is 13.2 Å². The molecule has 1 aromatic rings. The number of halogens is 3. The standard InChI is InChI=1S/C11H13F3N2O3/c1-3-18-10(17)8-5-16-6(2)7(4-15)9(8)19-11(12,13)14/h5H,3-4,15H2,1-2H3. The summed E-state index contributed by atoms with van der Waals surface area (Å²) >= 11 is 0. The Morgan fingerprint density at radius 3 is 2.58 bits per heavy atom. The Morgan fingerprint density at radius 1 is 1.47 bits per heavy atom. The second-order valence-corrected chi connectivity index (χ2v) is 3.54. The third-order valence-electron chi connectivity index (χ3n) is 2.26. The average Bonchev–Trinajstić information content (AvgIpc) is 2.27. The summed E-state index contributed by atoms with van der Waals surface area (Å²) < 4.78 is 45.7. The number of hydrogen-bond donors (Lipinski definition) is 1. The Balaban J connectivity index is 3.34. The van der Waals surface area contributed by atoms with Gasteiger partial charge >= 0.3 is 12.3 Å². The Bertz CT molecular complexity index is 475. The largest absolute Gasteiger partial charge is 0.573 e. The minimum atomic E-state index is -4.93. The summed E-state index contributed by atoms with van der Waals surface area (Å²) in [5, 5.41) is 0. The van der Waals surface area contributed by atoms with Crippen molar-refractivity contribution in [3.63, 3.8) is 0 Å². The second-order valence-electron chi connectivity index (χ2n) is 3.54. The van der Waals surface area contributed by atoms with Crippen molar-refractivity contribution in [3.8, 4) is 5.75 Å². The number of pyridine rings is 1. The second kappa shape index (κ2) is 5.87. The number of aromatic nitrogens is 1. The zero-order chi connectivity index (χ0) is 14.6. The normalized spacial score (nSPS) is 11.3. The quantitative estimate of drug-likeness (QED) is 0.852. The molecule has 0 aromatic carbocycles. The van der Waals surface area contributed by atoms with Crippen LogP contribution in [0.15, 0.2) is 6.20 Å². The highest BCUT2D eigenvalue weighted by Gasteiger charge is 2.35. The minimum Gasteiger partial charge on any atom is -0.462 e. The number of nitrogens with zero attached hydrogens (tertiary/aromatic N) is 1. The van der Waals surface area contributed by atoms with Crippen LogP contribution < -0.4 is 10.5 Å². The van der Waals surface area contributed by atoms with Gasteiger partial charge in [0, 0.05) is 24.0 Å². The van der Waals surface area contributed by atoms with Crippen molar-refractivity contribution in [1.29, 1.82) is 0 Å². The van der Waals surface area contributed by atoms with Gasteiger partial charge in [-0.25, -0.2) is 4.79 Å². The lowest BCUT2D eigenvalue weighted by atomic mass is 10.1. The van der Waals surface area contributed by atoms with E-state index in [-0.39, 0.29) is 24.4 Å². The molecule has 0 saturated carbocycles. The van der Waals surface area contributed by atoms with E-state index in [4.69, 9.17) is 5.73 Å². The maximum Gasteiger partial charge on any atom is 0.573 e. The first kappa shape index (κ1) is 15.2. The lowest BCUT2D eigenvalue weighted by Crippen LogP contribution is -2.22. The SMILES string of the molecule is CCOC(=O)c1cnc(C)c(CN)c1OC(F)(F)F. The third kappa shape index (κ3) is 3.82. The average molecular weight is 278 g/mol. The van der Waals surface area contributed by atoms with Crippen molar-refractivity contribution in [3.05, 3.63) is 23.0 Å². The number of carbonyl (C=O) groups is 1. The van der Waals surface area contributed by atoms with Crippen LogP contribution in [0.4, 0.5) is 13.2 Å². The predicted molar refractivity (Wildman–Crippen MR) is 59.5 cm³/mol. The molecule has 0 saturated heterocycles. The molecule has 1 aromatic heterocycles. The number of alkyl halides is 3. The summed E-state index contributed by atoms with van der Waals surface area (Å²) in [7, 11) is 0. The summed E-state index contributed by atoms with van der Waals surface area (Å²) in [4.78, 5) is 15.4. The van der Waals surface area contributed by atoms with Crippen LogP contribution in [0.25, 0.3) is 0 Å². The number of esters is 1. The van der Waals surface area contributed by atoms with Crippen molar-refractivity contribution in [2.75, 3.05) is 6.61 Å². The number of nitrogens with two attached hydrogens (primary N) is 1. The molecule has 0 unspecified atom stereocenters. The highest BCUT2D eigenvalue weighted by molar-refractivity contribution is 5.92. The van der Waals surface area contributed by atoms with Crippen molar-refractivity contribution in [2.45, 2.75) is 26.8 Å². The highest BCUT2D eigenvalue weighted by atomic mass is 19.4. The van der Waals surface area contributed by atoms with E-state index in [1.165, 1.54) is 13.8 Å². The van der Waals surface area contributed by atoms with Gasteiger partial charge < -0.3 is 15.2 Å². The van der Waals surface area contributed by atoms with Crippen molar-refractivity contribution in [2.24, 2.45) is 5.73 Å². The summed E-state index contributed by atoms with van der Waals surface area (Å²) in [6.07, 6.45) is -3.95. The number of aryl methyl sites for hydroxylation is 1. The van der Waals surface area contributed by atoms with Gasteiger partial charge in [0.2, 0.25) is 0 Å². The van der Waals surface area contributed by atoms with Crippen LogP contribution in [0.3, 0.4) is 0 Å². The fourth-order valence-electron chi connectivity index (χ4n) is 1.45. The van der Waals surface area contributed by atoms with Gasteiger partial charge in [0.1, 0.15) is 5.56 Å². The molecule has 2 N–H and O–H groups in total. The van der Waals surface area contributed by atoms with Gasteiger partial charge in [-0.2, -0.15) is 0 Å². The topological polar surface area (TPSA) is 74.4 Å². The molecule has 0 bridgehead atoms. The Kier molecular flexibility index (Phi) is 4.71. The smallest absolute Gasteiger partial charge is 0.462 e. The Morgan fingerprint density at radius 2 is 2.11 bits per heavy atom. The van der Waals surface area contributed by atoms with Crippen LogP contribution in [-0.4, -0.2) is 23.9 Å². The molecular formula is C11H13F3N2O3. The first-order valence-corrected chi connectivity index (χ1v) is 5.41. The van der Waals surface area contributed by atoms with E-state index in [2.05, 4.69) is 14.5 Å². The van der Waals surface area contributed by atoms with Gasteiger partial charge in [0.15, 0.2) is 5.75 Å². The number of rotatable bonds is 4. The summed E-state index contributed by atoms with van der Waals surface area (Å²) in [5.74, 6) is -1.59. The van der Waals surface area contributed by atoms with E-state index < -0.39 is 23.6 Å². The molecule has 0 radical (unpaired) electrons. The molecule has 19 heavy (non-hydrogen) atoms. The van der Waals surface area contributed by atoms with E-state index in [0.29, 0.717) is 0 Å². The third-order valence-corrected chi connectivity index (χ3v) is 2.26. The van der Waals surface area contributed by atoms with E-state index >= 15 is 0 Å². The van der Waals surface area contributed by atoms with E-state index in [0.717, 1.165) is 6.20 Å². The summed E-state index contributed by atoms with van der Waals surface area (Å²) in [6.45, 7) is 2.79. The number of hydrogen-bond acceptors (Lipinski definition) is 5. The van der Waals surface area contributed by atoms with Gasteiger partial charge in [-0.3, -0.25) is 4.98 Å². The number of carbonyl (C=O) groups excluding carboxylic acids is 1. The highest BCUT2D eigenvalue weighted by Crippen LogP contribution is 2.31. The first-order valence-electron chi connectivity index (χ1n) is 5.41. The predicted octanol–water partition coefficient (Wildman–Crippen LogP) is 1.92. The van der Waals surface area contributed by atoms with Crippen molar-refractivity contribution >= 4 is 5.97 Å². The molecule has 8 heteroatoms. The van der Waals surface area contributed by atoms with E-state index in [1.807, 2.05) is 0 Å². The monoisotopic (exact) mass is 278 g/mol. The van der Waals surface area contributed by atoms with Gasteiger partial charge in [0.05, 0.1) is 6.61 Å². The lowest BCUT2D eigenvalue weighted by Gasteiger charge is -2.16. The lowest BCUT2D eigenvalue weighted by molar-refractivity contribution is -0.275. The molecule has 0 amide bonds. The van der Waals surface area contributed by atoms with E-state index in [1.54, 1.807) is 0 Å². The van der Waals surface area contributed by atoms with Crippen LogP contribution in [0, 0.1) is 6.92 Å². The maximum atomic E-state index is 12.4. The minimum absolute atomic E-state index is 0.0166. The molecule has 106 valence electrons.